The van der Waals surface area contributed by atoms with Crippen molar-refractivity contribution in [2.24, 2.45) is 0 Å². The molecule has 0 radical (unpaired) electrons. The molecule has 1 saturated heterocycles. The monoisotopic (exact) mass is 325 g/mol. The van der Waals surface area contributed by atoms with Gasteiger partial charge in [-0.2, -0.15) is 0 Å². The Morgan fingerprint density at radius 1 is 1.21 bits per heavy atom. The molecule has 1 fully saturated rings. The maximum absolute atomic E-state index is 12.8. The predicted molar refractivity (Wildman–Crippen MR) is 96.9 cm³/mol. The van der Waals surface area contributed by atoms with E-state index in [9.17, 15) is 4.79 Å². The van der Waals surface area contributed by atoms with Crippen LogP contribution >= 0.6 is 0 Å². The first kappa shape index (κ1) is 16.8. The van der Waals surface area contributed by atoms with E-state index in [4.69, 9.17) is 0 Å². The van der Waals surface area contributed by atoms with Gasteiger partial charge in [0.1, 0.15) is 6.04 Å². The highest BCUT2D eigenvalue weighted by Gasteiger charge is 2.25. The number of carbonyl (C=O) groups is 1. The largest absolute Gasteiger partial charge is 0.353 e. The van der Waals surface area contributed by atoms with Crippen LogP contribution in [0.15, 0.2) is 54.9 Å². The number of amides is 1. The molecular weight excluding hydrogens is 298 g/mol. The van der Waals surface area contributed by atoms with Crippen LogP contribution in [0.25, 0.3) is 0 Å². The van der Waals surface area contributed by atoms with E-state index in [0.29, 0.717) is 12.5 Å². The van der Waals surface area contributed by atoms with Crippen molar-refractivity contribution >= 4 is 5.91 Å². The summed E-state index contributed by atoms with van der Waals surface area (Å²) in [4.78, 5) is 15.3. The second kappa shape index (κ2) is 8.15. The molecule has 2 aromatic rings. The highest BCUT2D eigenvalue weighted by atomic mass is 16.2. The van der Waals surface area contributed by atoms with Crippen molar-refractivity contribution in [3.63, 3.8) is 0 Å². The van der Waals surface area contributed by atoms with Crippen molar-refractivity contribution in [2.45, 2.75) is 38.3 Å². The third-order valence-electron chi connectivity index (χ3n) is 4.98. The van der Waals surface area contributed by atoms with Crippen LogP contribution in [-0.4, -0.2) is 41.1 Å². The van der Waals surface area contributed by atoms with Gasteiger partial charge in [0.25, 0.3) is 0 Å². The molecule has 3 rings (SSSR count). The lowest BCUT2D eigenvalue weighted by Crippen LogP contribution is -2.42. The summed E-state index contributed by atoms with van der Waals surface area (Å²) in [6, 6.07) is 14.5. The molecule has 1 aromatic carbocycles. The summed E-state index contributed by atoms with van der Waals surface area (Å²) in [7, 11) is 0. The summed E-state index contributed by atoms with van der Waals surface area (Å²) < 4.78 is 2.01. The molecule has 0 aliphatic carbocycles. The number of hydrogen-bond donors (Lipinski definition) is 1. The Kier molecular flexibility index (Phi) is 5.70. The lowest BCUT2D eigenvalue weighted by molar-refractivity contribution is -0.124. The number of hydrogen-bond acceptors (Lipinski definition) is 2. The number of likely N-dealkylation sites (tertiary alicyclic amines) is 1. The number of rotatable bonds is 7. The molecule has 1 amide bonds. The minimum Gasteiger partial charge on any atom is -0.353 e. The van der Waals surface area contributed by atoms with Gasteiger partial charge < -0.3 is 9.88 Å². The molecule has 0 bridgehead atoms. The van der Waals surface area contributed by atoms with Crippen molar-refractivity contribution < 1.29 is 4.79 Å². The Hall–Kier alpha value is -2.07. The number of likely N-dealkylation sites (N-methyl/N-ethyl adjacent to an activating group) is 1. The van der Waals surface area contributed by atoms with Gasteiger partial charge in [0.2, 0.25) is 5.91 Å². The molecule has 1 aliphatic heterocycles. The van der Waals surface area contributed by atoms with Crippen molar-refractivity contribution in [3.05, 3.63) is 60.4 Å². The van der Waals surface area contributed by atoms with Gasteiger partial charge in [0.05, 0.1) is 0 Å². The van der Waals surface area contributed by atoms with Gasteiger partial charge in [0, 0.05) is 31.4 Å². The van der Waals surface area contributed by atoms with E-state index in [1.165, 1.54) is 18.4 Å². The molecule has 0 spiro atoms. The number of aromatic nitrogens is 1. The van der Waals surface area contributed by atoms with Gasteiger partial charge in [-0.05, 0) is 43.6 Å². The number of carbonyl (C=O) groups excluding carboxylic acids is 1. The van der Waals surface area contributed by atoms with Crippen molar-refractivity contribution in [1.82, 2.24) is 14.8 Å². The molecule has 4 heteroatoms. The summed E-state index contributed by atoms with van der Waals surface area (Å²) in [5.74, 6) is 0.109. The average Bonchev–Trinajstić information content (AvgIpc) is 3.29. The van der Waals surface area contributed by atoms with Crippen molar-refractivity contribution in [2.75, 3.05) is 19.6 Å². The first-order chi connectivity index (χ1) is 11.8. The molecule has 1 aliphatic rings. The van der Waals surface area contributed by atoms with Gasteiger partial charge >= 0.3 is 0 Å². The molecule has 1 N–H and O–H groups in total. The summed E-state index contributed by atoms with van der Waals surface area (Å²) in [6.45, 7) is 5.16. The smallest absolute Gasteiger partial charge is 0.243 e. The van der Waals surface area contributed by atoms with Crippen LogP contribution in [-0.2, 0) is 11.2 Å². The molecule has 0 unspecified atom stereocenters. The van der Waals surface area contributed by atoms with Crippen LogP contribution in [0.2, 0.25) is 0 Å². The first-order valence-corrected chi connectivity index (χ1v) is 8.96. The predicted octanol–water partition coefficient (Wildman–Crippen LogP) is 2.87. The van der Waals surface area contributed by atoms with Crippen LogP contribution in [0.4, 0.5) is 0 Å². The Morgan fingerprint density at radius 3 is 2.67 bits per heavy atom. The number of nitrogens with zero attached hydrogens (tertiary/aromatic N) is 2. The average molecular weight is 325 g/mol. The van der Waals surface area contributed by atoms with E-state index < -0.39 is 0 Å². The maximum atomic E-state index is 12.8. The summed E-state index contributed by atoms with van der Waals surface area (Å²) in [5.41, 5.74) is 1.18. The van der Waals surface area contributed by atoms with E-state index in [1.807, 2.05) is 47.3 Å². The van der Waals surface area contributed by atoms with Crippen LogP contribution < -0.4 is 5.32 Å². The van der Waals surface area contributed by atoms with E-state index in [0.717, 1.165) is 19.6 Å². The van der Waals surface area contributed by atoms with Gasteiger partial charge in [-0.15, -0.1) is 0 Å². The van der Waals surface area contributed by atoms with Gasteiger partial charge in [-0.25, -0.2) is 0 Å². The Bertz CT molecular complexity index is 624. The molecule has 2 atom stereocenters. The highest BCUT2D eigenvalue weighted by molar-refractivity contribution is 5.80. The highest BCUT2D eigenvalue weighted by Crippen LogP contribution is 2.18. The van der Waals surface area contributed by atoms with Gasteiger partial charge in [0.15, 0.2) is 0 Å². The van der Waals surface area contributed by atoms with Crippen LogP contribution in [0.3, 0.4) is 0 Å². The second-order valence-corrected chi connectivity index (χ2v) is 6.51. The fraction of sp³-hybridized carbons (Fsp3) is 0.450. The Morgan fingerprint density at radius 2 is 1.96 bits per heavy atom. The van der Waals surface area contributed by atoms with E-state index in [-0.39, 0.29) is 11.9 Å². The van der Waals surface area contributed by atoms with Gasteiger partial charge in [-0.3, -0.25) is 9.69 Å². The van der Waals surface area contributed by atoms with Crippen molar-refractivity contribution in [3.8, 4) is 0 Å². The maximum Gasteiger partial charge on any atom is 0.243 e. The Labute approximate surface area is 144 Å². The zero-order valence-electron chi connectivity index (χ0n) is 14.4. The van der Waals surface area contributed by atoms with E-state index in [1.54, 1.807) is 0 Å². The zero-order chi connectivity index (χ0) is 16.8. The molecule has 4 nitrogen and oxygen atoms in total. The molecule has 0 saturated carbocycles. The van der Waals surface area contributed by atoms with Gasteiger partial charge in [-0.1, -0.05) is 37.3 Å². The van der Waals surface area contributed by atoms with Crippen LogP contribution in [0.5, 0.6) is 0 Å². The lowest BCUT2D eigenvalue weighted by Gasteiger charge is -2.25. The number of benzene rings is 1. The number of nitrogens with one attached hydrogen (secondary N) is 1. The minimum absolute atomic E-state index is 0.109. The lowest BCUT2D eigenvalue weighted by atomic mass is 10.0. The third kappa shape index (κ3) is 4.06. The molecule has 2 heterocycles. The molecule has 1 aromatic heterocycles. The summed E-state index contributed by atoms with van der Waals surface area (Å²) in [6.07, 6.45) is 7.08. The van der Waals surface area contributed by atoms with Crippen molar-refractivity contribution in [1.29, 1.82) is 0 Å². The minimum atomic E-state index is -0.195. The third-order valence-corrected chi connectivity index (χ3v) is 4.98. The Balaban J connectivity index is 1.65. The normalized spacial score (nSPS) is 19.3. The molecule has 24 heavy (non-hydrogen) atoms. The zero-order valence-corrected chi connectivity index (χ0v) is 14.4. The topological polar surface area (TPSA) is 37.3 Å². The second-order valence-electron chi connectivity index (χ2n) is 6.51. The molecular formula is C20H27N3O. The fourth-order valence-corrected chi connectivity index (χ4v) is 3.61. The quantitative estimate of drug-likeness (QED) is 0.850. The first-order valence-electron chi connectivity index (χ1n) is 8.96. The standard InChI is InChI=1S/C20H27N3O/c1-2-22-14-8-11-18(22)16-21-20(24)19(23-12-6-7-13-23)15-17-9-4-3-5-10-17/h3-7,9-10,12-13,18-19H,2,8,11,14-16H2,1H3,(H,21,24)/t18-,19-/m0/s1. The molecule has 128 valence electrons. The van der Waals surface area contributed by atoms with E-state index in [2.05, 4.69) is 29.3 Å². The van der Waals surface area contributed by atoms with Crippen LogP contribution in [0, 0.1) is 0 Å². The summed E-state index contributed by atoms with van der Waals surface area (Å²) >= 11 is 0. The fourth-order valence-electron chi connectivity index (χ4n) is 3.61. The summed E-state index contributed by atoms with van der Waals surface area (Å²) in [5, 5.41) is 3.20. The van der Waals surface area contributed by atoms with Crippen LogP contribution in [0.1, 0.15) is 31.4 Å². The SMILES string of the molecule is CCN1CCC[C@H]1CNC(=O)[C@H](Cc1ccccc1)n1cccc1. The van der Waals surface area contributed by atoms with E-state index >= 15 is 0 Å².